The molecule has 2 aliphatic rings. The van der Waals surface area contributed by atoms with Crippen LogP contribution in [0, 0.1) is 11.7 Å². The number of carbonyl (C=O) groups excluding carboxylic acids is 1. The molecule has 40 heavy (non-hydrogen) atoms. The average Bonchev–Trinajstić information content (AvgIpc) is 3.67. The van der Waals surface area contributed by atoms with Crippen LogP contribution in [0.3, 0.4) is 0 Å². The van der Waals surface area contributed by atoms with Crippen LogP contribution in [0.15, 0.2) is 42.6 Å². The van der Waals surface area contributed by atoms with Gasteiger partial charge < -0.3 is 15.5 Å². The second kappa shape index (κ2) is 11.1. The first-order valence-electron chi connectivity index (χ1n) is 13.8. The van der Waals surface area contributed by atoms with E-state index in [9.17, 15) is 18.0 Å². The molecule has 2 N–H and O–H groups in total. The number of amides is 1. The quantitative estimate of drug-likeness (QED) is 0.205. The summed E-state index contributed by atoms with van der Waals surface area (Å²) in [5, 5.41) is 6.31. The van der Waals surface area contributed by atoms with Crippen LogP contribution in [0.5, 0.6) is 0 Å². The topological polar surface area (TPSA) is 61.7 Å². The van der Waals surface area contributed by atoms with Gasteiger partial charge >= 0.3 is 6.18 Å². The van der Waals surface area contributed by atoms with Crippen LogP contribution >= 0.6 is 11.3 Å². The number of thiazole rings is 1. The Labute approximate surface area is 233 Å². The van der Waals surface area contributed by atoms with Gasteiger partial charge in [-0.1, -0.05) is 17.4 Å². The summed E-state index contributed by atoms with van der Waals surface area (Å²) in [6, 6.07) is 11.0. The second-order valence-corrected chi connectivity index (χ2v) is 11.7. The van der Waals surface area contributed by atoms with E-state index in [1.54, 1.807) is 18.2 Å². The highest BCUT2D eigenvalue weighted by atomic mass is 32.1. The molecule has 11 heteroatoms. The number of benzene rings is 2. The van der Waals surface area contributed by atoms with Crippen LogP contribution in [-0.4, -0.2) is 59.1 Å². The molecular formula is C29H31F4N5OS. The number of halogens is 4. The van der Waals surface area contributed by atoms with Gasteiger partial charge in [-0.3, -0.25) is 9.20 Å². The zero-order chi connectivity index (χ0) is 27.9. The van der Waals surface area contributed by atoms with Crippen molar-refractivity contribution in [3.8, 4) is 11.3 Å². The van der Waals surface area contributed by atoms with Crippen LogP contribution in [0.4, 0.5) is 17.6 Å². The molecule has 2 aliphatic heterocycles. The number of carbonyl (C=O) groups is 1. The van der Waals surface area contributed by atoms with E-state index in [0.29, 0.717) is 49.4 Å². The predicted molar refractivity (Wildman–Crippen MR) is 148 cm³/mol. The minimum atomic E-state index is -4.11. The lowest BCUT2D eigenvalue weighted by atomic mass is 9.96. The number of imidazole rings is 1. The van der Waals surface area contributed by atoms with E-state index in [-0.39, 0.29) is 30.6 Å². The molecule has 212 valence electrons. The molecule has 2 aromatic carbocycles. The van der Waals surface area contributed by atoms with Gasteiger partial charge in [0.25, 0.3) is 5.91 Å². The highest BCUT2D eigenvalue weighted by molar-refractivity contribution is 7.23. The molecule has 1 unspecified atom stereocenters. The van der Waals surface area contributed by atoms with Gasteiger partial charge in [-0.05, 0) is 94.2 Å². The van der Waals surface area contributed by atoms with E-state index in [4.69, 9.17) is 0 Å². The van der Waals surface area contributed by atoms with Crippen molar-refractivity contribution >= 4 is 32.4 Å². The number of piperidine rings is 1. The van der Waals surface area contributed by atoms with Crippen molar-refractivity contribution in [3.05, 3.63) is 59.5 Å². The third kappa shape index (κ3) is 5.59. The van der Waals surface area contributed by atoms with Crippen LogP contribution in [-0.2, 0) is 0 Å². The van der Waals surface area contributed by atoms with E-state index < -0.39 is 12.1 Å². The van der Waals surface area contributed by atoms with Gasteiger partial charge in [-0.2, -0.15) is 13.2 Å². The first-order chi connectivity index (χ1) is 19.3. The summed E-state index contributed by atoms with van der Waals surface area (Å²) in [4.78, 5) is 20.1. The number of fused-ring (bicyclic) bond motifs is 3. The molecule has 2 aromatic heterocycles. The minimum absolute atomic E-state index is 0.140. The van der Waals surface area contributed by atoms with Gasteiger partial charge in [-0.25, -0.2) is 9.37 Å². The summed E-state index contributed by atoms with van der Waals surface area (Å²) in [6.07, 6.45) is 0.788. The van der Waals surface area contributed by atoms with Crippen molar-refractivity contribution in [2.75, 3.05) is 32.7 Å². The van der Waals surface area contributed by atoms with E-state index >= 15 is 4.39 Å². The zero-order valence-corrected chi connectivity index (χ0v) is 22.8. The van der Waals surface area contributed by atoms with Gasteiger partial charge in [0.15, 0.2) is 4.96 Å². The van der Waals surface area contributed by atoms with Crippen molar-refractivity contribution in [1.29, 1.82) is 0 Å². The Morgan fingerprint density at radius 1 is 1.12 bits per heavy atom. The second-order valence-electron chi connectivity index (χ2n) is 10.7. The Morgan fingerprint density at radius 2 is 1.95 bits per heavy atom. The molecule has 0 spiro atoms. The maximum absolute atomic E-state index is 15.0. The predicted octanol–water partition coefficient (Wildman–Crippen LogP) is 6.17. The van der Waals surface area contributed by atoms with Crippen molar-refractivity contribution in [2.24, 2.45) is 5.92 Å². The molecule has 0 aliphatic carbocycles. The molecular weight excluding hydrogens is 542 g/mol. The van der Waals surface area contributed by atoms with E-state index in [1.807, 2.05) is 33.7 Å². The lowest BCUT2D eigenvalue weighted by Crippen LogP contribution is -2.40. The molecule has 0 saturated carbocycles. The number of hydrogen-bond donors (Lipinski definition) is 2. The summed E-state index contributed by atoms with van der Waals surface area (Å²) >= 11 is 1.44. The molecule has 1 atom stereocenters. The van der Waals surface area contributed by atoms with Crippen molar-refractivity contribution < 1.29 is 22.4 Å². The van der Waals surface area contributed by atoms with Crippen molar-refractivity contribution in [2.45, 2.75) is 44.3 Å². The lowest BCUT2D eigenvalue weighted by Gasteiger charge is -2.32. The number of nitrogens with one attached hydrogen (secondary N) is 2. The molecule has 2 fully saturated rings. The smallest absolute Gasteiger partial charge is 0.352 e. The van der Waals surface area contributed by atoms with Gasteiger partial charge in [0, 0.05) is 29.9 Å². The van der Waals surface area contributed by atoms with Crippen LogP contribution in [0.2, 0.25) is 0 Å². The largest absolute Gasteiger partial charge is 0.391 e. The maximum Gasteiger partial charge on any atom is 0.391 e. The normalized spacial score (nSPS) is 19.1. The standard InChI is InChI=1S/C29H31F4N5OS/c30-22-15-18(23-3-1-10-34-23)4-6-21(22)24-17-38-25-7-5-19(16-26(25)40-28(38)36-24)27(39)35-11-2-12-37-13-8-20(9-14-37)29(31,32)33/h4-7,15-17,20,23,34H,1-3,8-14H2,(H,35,39). The van der Waals surface area contributed by atoms with E-state index in [1.165, 1.54) is 11.3 Å². The fourth-order valence-corrected chi connectivity index (χ4v) is 6.83. The Balaban J connectivity index is 1.06. The van der Waals surface area contributed by atoms with Gasteiger partial charge in [-0.15, -0.1) is 0 Å². The summed E-state index contributed by atoms with van der Waals surface area (Å²) in [5.41, 5.74) is 3.42. The Kier molecular flexibility index (Phi) is 7.54. The molecule has 6 nitrogen and oxygen atoms in total. The monoisotopic (exact) mass is 573 g/mol. The third-order valence-corrected chi connectivity index (χ3v) is 9.09. The summed E-state index contributed by atoms with van der Waals surface area (Å²) in [5.74, 6) is -1.67. The van der Waals surface area contributed by atoms with E-state index in [2.05, 4.69) is 15.6 Å². The Hall–Kier alpha value is -3.02. The average molecular weight is 574 g/mol. The Bertz CT molecular complexity index is 1520. The SMILES string of the molecule is O=C(NCCCN1CCC(C(F)(F)F)CC1)c1ccc2c(c1)sc1nc(-c3ccc(C4CCCN4)cc3F)cn12. The van der Waals surface area contributed by atoms with Crippen LogP contribution < -0.4 is 10.6 Å². The molecule has 1 amide bonds. The minimum Gasteiger partial charge on any atom is -0.352 e. The van der Waals surface area contributed by atoms with Crippen molar-refractivity contribution in [1.82, 2.24) is 24.9 Å². The number of hydrogen-bond acceptors (Lipinski definition) is 5. The first kappa shape index (κ1) is 27.2. The highest BCUT2D eigenvalue weighted by Crippen LogP contribution is 2.35. The fourth-order valence-electron chi connectivity index (χ4n) is 5.79. The number of aromatic nitrogens is 2. The fraction of sp³-hybridized carbons (Fsp3) is 0.448. The van der Waals surface area contributed by atoms with E-state index in [0.717, 1.165) is 40.1 Å². The molecule has 2 saturated heterocycles. The number of alkyl halides is 3. The van der Waals surface area contributed by atoms with Crippen LogP contribution in [0.1, 0.15) is 54.1 Å². The highest BCUT2D eigenvalue weighted by Gasteiger charge is 2.40. The van der Waals surface area contributed by atoms with Crippen LogP contribution in [0.25, 0.3) is 26.4 Å². The number of nitrogens with zero attached hydrogens (tertiary/aromatic N) is 3. The summed E-state index contributed by atoms with van der Waals surface area (Å²) in [7, 11) is 0. The molecule has 4 heterocycles. The summed E-state index contributed by atoms with van der Waals surface area (Å²) < 4.78 is 56.3. The molecule has 6 rings (SSSR count). The molecule has 4 aromatic rings. The third-order valence-electron chi connectivity index (χ3n) is 8.08. The lowest BCUT2D eigenvalue weighted by molar-refractivity contribution is -0.185. The zero-order valence-electron chi connectivity index (χ0n) is 21.9. The molecule has 0 bridgehead atoms. The number of likely N-dealkylation sites (tertiary alicyclic amines) is 1. The van der Waals surface area contributed by atoms with Crippen molar-refractivity contribution in [3.63, 3.8) is 0 Å². The molecule has 0 radical (unpaired) electrons. The summed E-state index contributed by atoms with van der Waals surface area (Å²) in [6.45, 7) is 2.95. The van der Waals surface area contributed by atoms with Gasteiger partial charge in [0.05, 0.1) is 21.8 Å². The Morgan fingerprint density at radius 3 is 2.67 bits per heavy atom. The van der Waals surface area contributed by atoms with Gasteiger partial charge in [0.2, 0.25) is 0 Å². The van der Waals surface area contributed by atoms with Gasteiger partial charge in [0.1, 0.15) is 5.82 Å². The number of rotatable bonds is 7. The maximum atomic E-state index is 15.0. The first-order valence-corrected chi connectivity index (χ1v) is 14.6.